The van der Waals surface area contributed by atoms with Crippen LogP contribution in [0.1, 0.15) is 19.4 Å². The number of nitrogens with zero attached hydrogens (tertiary/aromatic N) is 1. The van der Waals surface area contributed by atoms with Crippen molar-refractivity contribution >= 4 is 33.4 Å². The predicted octanol–water partition coefficient (Wildman–Crippen LogP) is 4.04. The van der Waals surface area contributed by atoms with Gasteiger partial charge in [0.15, 0.2) is 0 Å². The average Bonchev–Trinajstić information content (AvgIpc) is 2.77. The van der Waals surface area contributed by atoms with Crippen molar-refractivity contribution in [3.63, 3.8) is 0 Å². The fraction of sp³-hybridized carbons (Fsp3) is 0.227. The molecule has 0 bridgehead atoms. The Labute approximate surface area is 171 Å². The molecule has 1 amide bonds. The molecule has 0 saturated carbocycles. The SMILES string of the molecule is C=CCN1C(=O)C(C)(C)COc2cc(NS(=O)(=O)/C=C/c3ccccc3)ccc21. The van der Waals surface area contributed by atoms with Gasteiger partial charge in [0, 0.05) is 12.6 Å². The molecule has 7 heteroatoms. The largest absolute Gasteiger partial charge is 0.490 e. The van der Waals surface area contributed by atoms with E-state index in [9.17, 15) is 13.2 Å². The first kappa shape index (κ1) is 20.7. The normalized spacial score (nSPS) is 16.1. The van der Waals surface area contributed by atoms with Crippen LogP contribution in [0.15, 0.2) is 66.6 Å². The number of carbonyl (C=O) groups excluding carboxylic acids is 1. The minimum absolute atomic E-state index is 0.0738. The second-order valence-corrected chi connectivity index (χ2v) is 8.99. The Morgan fingerprint density at radius 1 is 1.21 bits per heavy atom. The van der Waals surface area contributed by atoms with E-state index in [1.165, 1.54) is 6.08 Å². The molecule has 0 fully saturated rings. The van der Waals surface area contributed by atoms with Crippen LogP contribution in [-0.2, 0) is 14.8 Å². The molecule has 0 saturated heterocycles. The molecule has 0 atom stereocenters. The van der Waals surface area contributed by atoms with Gasteiger partial charge in [-0.25, -0.2) is 8.42 Å². The summed E-state index contributed by atoms with van der Waals surface area (Å²) < 4.78 is 33.2. The van der Waals surface area contributed by atoms with Crippen LogP contribution in [0.2, 0.25) is 0 Å². The number of amides is 1. The van der Waals surface area contributed by atoms with Gasteiger partial charge in [-0.05, 0) is 37.6 Å². The lowest BCUT2D eigenvalue weighted by atomic mass is 9.93. The molecule has 6 nitrogen and oxygen atoms in total. The van der Waals surface area contributed by atoms with Crippen molar-refractivity contribution in [1.82, 2.24) is 0 Å². The Morgan fingerprint density at radius 3 is 2.62 bits per heavy atom. The topological polar surface area (TPSA) is 75.7 Å². The molecule has 0 spiro atoms. The zero-order valence-corrected chi connectivity index (χ0v) is 17.3. The molecule has 3 rings (SSSR count). The van der Waals surface area contributed by atoms with E-state index < -0.39 is 15.4 Å². The third kappa shape index (κ3) is 4.86. The first-order valence-corrected chi connectivity index (χ1v) is 10.7. The minimum Gasteiger partial charge on any atom is -0.490 e. The van der Waals surface area contributed by atoms with E-state index in [0.717, 1.165) is 11.0 Å². The van der Waals surface area contributed by atoms with Gasteiger partial charge < -0.3 is 9.64 Å². The van der Waals surface area contributed by atoms with Crippen LogP contribution in [-0.4, -0.2) is 27.5 Å². The summed E-state index contributed by atoms with van der Waals surface area (Å²) in [5, 5.41) is 1.12. The van der Waals surface area contributed by atoms with Crippen LogP contribution >= 0.6 is 0 Å². The fourth-order valence-electron chi connectivity index (χ4n) is 2.95. The van der Waals surface area contributed by atoms with Crippen molar-refractivity contribution in [1.29, 1.82) is 0 Å². The molecule has 0 aliphatic carbocycles. The summed E-state index contributed by atoms with van der Waals surface area (Å²) in [4.78, 5) is 14.4. The number of benzene rings is 2. The van der Waals surface area contributed by atoms with Gasteiger partial charge in [-0.3, -0.25) is 9.52 Å². The van der Waals surface area contributed by atoms with Crippen molar-refractivity contribution < 1.29 is 17.9 Å². The van der Waals surface area contributed by atoms with Gasteiger partial charge in [0.1, 0.15) is 12.4 Å². The number of hydrogen-bond acceptors (Lipinski definition) is 4. The molecule has 1 N–H and O–H groups in total. The third-order valence-electron chi connectivity index (χ3n) is 4.47. The summed E-state index contributed by atoms with van der Waals surface area (Å²) in [5.41, 5.74) is 1.01. The number of ether oxygens (including phenoxy) is 1. The number of sulfonamides is 1. The van der Waals surface area contributed by atoms with Gasteiger partial charge in [-0.1, -0.05) is 36.4 Å². The van der Waals surface area contributed by atoms with E-state index in [2.05, 4.69) is 11.3 Å². The summed E-state index contributed by atoms with van der Waals surface area (Å²) in [5.74, 6) is 0.369. The van der Waals surface area contributed by atoms with Crippen LogP contribution in [0.5, 0.6) is 5.75 Å². The van der Waals surface area contributed by atoms with Crippen molar-refractivity contribution in [3.8, 4) is 5.75 Å². The number of hydrogen-bond donors (Lipinski definition) is 1. The molecular formula is C22H24N2O4S. The minimum atomic E-state index is -3.71. The first-order chi connectivity index (χ1) is 13.7. The van der Waals surface area contributed by atoms with Crippen LogP contribution in [0.4, 0.5) is 11.4 Å². The number of nitrogens with one attached hydrogen (secondary N) is 1. The molecule has 1 aliphatic rings. The quantitative estimate of drug-likeness (QED) is 0.727. The second kappa shape index (κ2) is 8.13. The highest BCUT2D eigenvalue weighted by Crippen LogP contribution is 2.38. The molecule has 0 unspecified atom stereocenters. The number of rotatable bonds is 6. The molecule has 1 aliphatic heterocycles. The van der Waals surface area contributed by atoms with Gasteiger partial charge in [0.25, 0.3) is 10.0 Å². The summed E-state index contributed by atoms with van der Waals surface area (Å²) in [6.45, 7) is 7.88. The Hall–Kier alpha value is -3.06. The highest BCUT2D eigenvalue weighted by atomic mass is 32.2. The summed E-state index contributed by atoms with van der Waals surface area (Å²) in [7, 11) is -3.71. The Bertz CT molecular complexity index is 1040. The average molecular weight is 413 g/mol. The van der Waals surface area contributed by atoms with Crippen molar-refractivity contribution in [2.45, 2.75) is 13.8 Å². The van der Waals surface area contributed by atoms with E-state index in [-0.39, 0.29) is 12.5 Å². The van der Waals surface area contributed by atoms with E-state index >= 15 is 0 Å². The summed E-state index contributed by atoms with van der Waals surface area (Å²) in [6, 6.07) is 14.0. The molecule has 29 heavy (non-hydrogen) atoms. The van der Waals surface area contributed by atoms with E-state index in [1.807, 2.05) is 44.2 Å². The van der Waals surface area contributed by atoms with E-state index in [1.54, 1.807) is 29.2 Å². The van der Waals surface area contributed by atoms with E-state index in [4.69, 9.17) is 4.74 Å². The molecule has 1 heterocycles. The lowest BCUT2D eigenvalue weighted by Gasteiger charge is -2.27. The summed E-state index contributed by atoms with van der Waals surface area (Å²) >= 11 is 0. The van der Waals surface area contributed by atoms with E-state index in [0.29, 0.717) is 23.7 Å². The van der Waals surface area contributed by atoms with Crippen molar-refractivity contribution in [2.75, 3.05) is 22.8 Å². The van der Waals surface area contributed by atoms with Gasteiger partial charge in [-0.2, -0.15) is 0 Å². The molecule has 2 aromatic rings. The lowest BCUT2D eigenvalue weighted by Crippen LogP contribution is -2.42. The zero-order chi connectivity index (χ0) is 21.1. The number of carbonyl (C=O) groups is 1. The van der Waals surface area contributed by atoms with Gasteiger partial charge in [-0.15, -0.1) is 6.58 Å². The lowest BCUT2D eigenvalue weighted by molar-refractivity contribution is -0.127. The van der Waals surface area contributed by atoms with Crippen LogP contribution < -0.4 is 14.4 Å². The molecule has 0 radical (unpaired) electrons. The molecular weight excluding hydrogens is 388 g/mol. The van der Waals surface area contributed by atoms with Gasteiger partial charge in [0.05, 0.1) is 22.2 Å². The van der Waals surface area contributed by atoms with Crippen LogP contribution in [0.25, 0.3) is 6.08 Å². The van der Waals surface area contributed by atoms with Gasteiger partial charge in [0.2, 0.25) is 5.91 Å². The second-order valence-electron chi connectivity index (χ2n) is 7.42. The third-order valence-corrected chi connectivity index (χ3v) is 5.49. The number of anilines is 2. The molecule has 0 aromatic heterocycles. The highest BCUT2D eigenvalue weighted by molar-refractivity contribution is 7.95. The molecule has 152 valence electrons. The Morgan fingerprint density at radius 2 is 1.93 bits per heavy atom. The summed E-state index contributed by atoms with van der Waals surface area (Å²) in [6.07, 6.45) is 3.17. The zero-order valence-electron chi connectivity index (χ0n) is 16.5. The maximum absolute atomic E-state index is 12.8. The maximum Gasteiger partial charge on any atom is 0.255 e. The predicted molar refractivity (Wildman–Crippen MR) is 116 cm³/mol. The van der Waals surface area contributed by atoms with Crippen molar-refractivity contribution in [3.05, 3.63) is 72.2 Å². The maximum atomic E-state index is 12.8. The first-order valence-electron chi connectivity index (χ1n) is 9.17. The molecule has 2 aromatic carbocycles. The Balaban J connectivity index is 1.87. The number of fused-ring (bicyclic) bond motifs is 1. The smallest absolute Gasteiger partial charge is 0.255 e. The van der Waals surface area contributed by atoms with Gasteiger partial charge >= 0.3 is 0 Å². The van der Waals surface area contributed by atoms with Crippen LogP contribution in [0.3, 0.4) is 0 Å². The van der Waals surface area contributed by atoms with Crippen LogP contribution in [0, 0.1) is 5.41 Å². The Kier molecular flexibility index (Phi) is 5.79. The highest BCUT2D eigenvalue weighted by Gasteiger charge is 2.37. The fourth-order valence-corrected chi connectivity index (χ4v) is 3.81. The van der Waals surface area contributed by atoms with Crippen molar-refractivity contribution in [2.24, 2.45) is 5.41 Å². The standard InChI is InChI=1S/C22H24N2O4S/c1-4-13-24-19-11-10-18(15-20(19)28-16-22(2,3)21(24)25)23-29(26,27)14-12-17-8-6-5-7-9-17/h4-12,14-15,23H,1,13,16H2,2-3H3/b14-12+. The monoisotopic (exact) mass is 412 g/mol.